The van der Waals surface area contributed by atoms with Gasteiger partial charge in [-0.2, -0.15) is 0 Å². The Morgan fingerprint density at radius 1 is 1.41 bits per heavy atom. The number of ether oxygens (including phenoxy) is 1. The molecule has 0 radical (unpaired) electrons. The minimum atomic E-state index is -1.04. The van der Waals surface area contributed by atoms with E-state index < -0.39 is 23.5 Å². The number of rotatable bonds is 7. The van der Waals surface area contributed by atoms with E-state index in [1.165, 1.54) is 0 Å². The van der Waals surface area contributed by atoms with Crippen LogP contribution in [0, 0.1) is 11.3 Å². The van der Waals surface area contributed by atoms with Gasteiger partial charge >= 0.3 is 12.1 Å². The Kier molecular flexibility index (Phi) is 6.91. The second kappa shape index (κ2) is 8.20. The molecule has 0 aromatic carbocycles. The highest BCUT2D eigenvalue weighted by Crippen LogP contribution is 2.32. The summed E-state index contributed by atoms with van der Waals surface area (Å²) in [4.78, 5) is 23.3. The molecule has 1 aliphatic rings. The number of unbranched alkanes of at least 4 members (excludes halogenated alkanes) is 1. The zero-order chi connectivity index (χ0) is 16.8. The van der Waals surface area contributed by atoms with Crippen LogP contribution in [0.25, 0.3) is 0 Å². The molecule has 5 nitrogen and oxygen atoms in total. The molecule has 1 fully saturated rings. The van der Waals surface area contributed by atoms with Gasteiger partial charge in [0.1, 0.15) is 12.1 Å². The average molecular weight is 311 g/mol. The molecule has 2 N–H and O–H groups in total. The maximum Gasteiger partial charge on any atom is 0.408 e. The summed E-state index contributed by atoms with van der Waals surface area (Å²) in [6, 6.07) is -0.958. The van der Waals surface area contributed by atoms with Crippen molar-refractivity contribution in [1.29, 1.82) is 0 Å². The van der Waals surface area contributed by atoms with Crippen LogP contribution in [0.15, 0.2) is 12.7 Å². The van der Waals surface area contributed by atoms with Crippen LogP contribution >= 0.6 is 0 Å². The van der Waals surface area contributed by atoms with E-state index in [0.717, 1.165) is 38.5 Å². The molecule has 1 rings (SSSR count). The first kappa shape index (κ1) is 18.5. The van der Waals surface area contributed by atoms with Gasteiger partial charge in [-0.3, -0.25) is 0 Å². The lowest BCUT2D eigenvalue weighted by Gasteiger charge is -2.28. The summed E-state index contributed by atoms with van der Waals surface area (Å²) < 4.78 is 5.49. The monoisotopic (exact) mass is 311 g/mol. The van der Waals surface area contributed by atoms with Crippen molar-refractivity contribution in [2.45, 2.75) is 71.4 Å². The number of carbonyl (C=O) groups is 2. The van der Waals surface area contributed by atoms with Gasteiger partial charge in [-0.1, -0.05) is 26.8 Å². The highest BCUT2D eigenvalue weighted by molar-refractivity contribution is 5.80. The zero-order valence-corrected chi connectivity index (χ0v) is 13.9. The minimum Gasteiger partial charge on any atom is -0.480 e. The van der Waals surface area contributed by atoms with Gasteiger partial charge < -0.3 is 15.2 Å². The van der Waals surface area contributed by atoms with Gasteiger partial charge in [0, 0.05) is 0 Å². The van der Waals surface area contributed by atoms with Crippen molar-refractivity contribution in [1.82, 2.24) is 5.32 Å². The van der Waals surface area contributed by atoms with Crippen LogP contribution in [0.5, 0.6) is 0 Å². The van der Waals surface area contributed by atoms with Gasteiger partial charge in [0.25, 0.3) is 0 Å². The second-order valence-corrected chi connectivity index (χ2v) is 7.14. The summed E-state index contributed by atoms with van der Waals surface area (Å²) in [6.45, 7) is 9.05. The number of hydrogen-bond acceptors (Lipinski definition) is 3. The molecule has 0 aromatic heterocycles. The summed E-state index contributed by atoms with van der Waals surface area (Å²) >= 11 is 0. The first-order valence-corrected chi connectivity index (χ1v) is 8.06. The number of carboxylic acid groups (broad SMARTS) is 1. The van der Waals surface area contributed by atoms with E-state index in [1.54, 1.807) is 20.8 Å². The van der Waals surface area contributed by atoms with Crippen LogP contribution in [0.2, 0.25) is 0 Å². The molecule has 3 atom stereocenters. The van der Waals surface area contributed by atoms with Crippen molar-refractivity contribution in [3.8, 4) is 0 Å². The number of carbonyl (C=O) groups excluding carboxylic acids is 1. The summed E-state index contributed by atoms with van der Waals surface area (Å²) in [5, 5.41) is 11.7. The highest BCUT2D eigenvalue weighted by atomic mass is 16.6. The van der Waals surface area contributed by atoms with Crippen LogP contribution in [-0.4, -0.2) is 29.3 Å². The summed E-state index contributed by atoms with van der Waals surface area (Å²) in [6.07, 6.45) is 7.20. The van der Waals surface area contributed by atoms with E-state index in [1.807, 2.05) is 6.08 Å². The fourth-order valence-electron chi connectivity index (χ4n) is 2.95. The van der Waals surface area contributed by atoms with E-state index in [9.17, 15) is 14.7 Å². The van der Waals surface area contributed by atoms with Crippen molar-refractivity contribution in [3.05, 3.63) is 12.7 Å². The van der Waals surface area contributed by atoms with Crippen LogP contribution in [0.4, 0.5) is 4.79 Å². The molecule has 22 heavy (non-hydrogen) atoms. The van der Waals surface area contributed by atoms with Crippen molar-refractivity contribution in [3.63, 3.8) is 0 Å². The van der Waals surface area contributed by atoms with Crippen molar-refractivity contribution < 1.29 is 19.4 Å². The van der Waals surface area contributed by atoms with Crippen LogP contribution in [-0.2, 0) is 9.53 Å². The van der Waals surface area contributed by atoms with Crippen molar-refractivity contribution >= 4 is 12.1 Å². The fraction of sp³-hybridized carbons (Fsp3) is 0.765. The van der Waals surface area contributed by atoms with Gasteiger partial charge in [-0.15, -0.1) is 6.58 Å². The highest BCUT2D eigenvalue weighted by Gasteiger charge is 2.35. The van der Waals surface area contributed by atoms with Gasteiger partial charge in [-0.25, -0.2) is 9.59 Å². The minimum absolute atomic E-state index is 0.0979. The predicted molar refractivity (Wildman–Crippen MR) is 85.7 cm³/mol. The maximum atomic E-state index is 12.0. The molecular weight excluding hydrogens is 282 g/mol. The van der Waals surface area contributed by atoms with E-state index in [0.29, 0.717) is 5.92 Å². The first-order valence-electron chi connectivity index (χ1n) is 8.06. The molecule has 1 aliphatic carbocycles. The molecule has 0 aromatic rings. The SMILES string of the molecule is C=CCCCC1CCCC1OC(=O)NC(C(=O)O)C(C)(C)C. The van der Waals surface area contributed by atoms with Gasteiger partial charge in [0.2, 0.25) is 0 Å². The molecule has 5 heteroatoms. The molecule has 126 valence electrons. The second-order valence-electron chi connectivity index (χ2n) is 7.14. The lowest BCUT2D eigenvalue weighted by atomic mass is 9.87. The Bertz CT molecular complexity index is 400. The Hall–Kier alpha value is -1.52. The Labute approximate surface area is 133 Å². The summed E-state index contributed by atoms with van der Waals surface area (Å²) in [5.41, 5.74) is -0.566. The number of alkyl carbamates (subject to hydrolysis) is 1. The number of allylic oxidation sites excluding steroid dienone is 1. The van der Waals surface area contributed by atoms with E-state index >= 15 is 0 Å². The largest absolute Gasteiger partial charge is 0.480 e. The molecule has 0 spiro atoms. The lowest BCUT2D eigenvalue weighted by Crippen LogP contribution is -2.50. The maximum absolute atomic E-state index is 12.0. The third kappa shape index (κ3) is 5.70. The molecule has 0 heterocycles. The van der Waals surface area contributed by atoms with Gasteiger partial charge in [0.05, 0.1) is 0 Å². The Balaban J connectivity index is 2.52. The molecule has 0 bridgehead atoms. The fourth-order valence-corrected chi connectivity index (χ4v) is 2.95. The zero-order valence-electron chi connectivity index (χ0n) is 13.9. The van der Waals surface area contributed by atoms with E-state index in [-0.39, 0.29) is 6.10 Å². The normalized spacial score (nSPS) is 22.9. The van der Waals surface area contributed by atoms with Crippen LogP contribution < -0.4 is 5.32 Å². The van der Waals surface area contributed by atoms with Crippen LogP contribution in [0.1, 0.15) is 59.3 Å². The third-order valence-corrected chi connectivity index (χ3v) is 4.21. The quantitative estimate of drug-likeness (QED) is 0.555. The smallest absolute Gasteiger partial charge is 0.408 e. The number of amides is 1. The summed E-state index contributed by atoms with van der Waals surface area (Å²) in [5.74, 6) is -0.665. The Morgan fingerprint density at radius 3 is 2.64 bits per heavy atom. The number of hydrogen-bond donors (Lipinski definition) is 2. The van der Waals surface area contributed by atoms with Crippen molar-refractivity contribution in [2.24, 2.45) is 11.3 Å². The molecule has 0 saturated heterocycles. The number of aliphatic carboxylic acids is 1. The van der Waals surface area contributed by atoms with Gasteiger partial charge in [0.15, 0.2) is 0 Å². The molecule has 0 aliphatic heterocycles. The van der Waals surface area contributed by atoms with Crippen molar-refractivity contribution in [2.75, 3.05) is 0 Å². The topological polar surface area (TPSA) is 75.6 Å². The average Bonchev–Trinajstić information content (AvgIpc) is 2.82. The van der Waals surface area contributed by atoms with E-state index in [4.69, 9.17) is 4.74 Å². The molecule has 1 amide bonds. The Morgan fingerprint density at radius 2 is 2.09 bits per heavy atom. The molecule has 1 saturated carbocycles. The molecule has 3 unspecified atom stereocenters. The predicted octanol–water partition coefficient (Wildman–Crippen LogP) is 3.74. The lowest BCUT2D eigenvalue weighted by molar-refractivity contribution is -0.142. The van der Waals surface area contributed by atoms with Crippen LogP contribution in [0.3, 0.4) is 0 Å². The number of nitrogens with one attached hydrogen (secondary N) is 1. The van der Waals surface area contributed by atoms with E-state index in [2.05, 4.69) is 11.9 Å². The number of carboxylic acids is 1. The third-order valence-electron chi connectivity index (χ3n) is 4.21. The first-order chi connectivity index (χ1) is 10.3. The molecular formula is C17H29NO4. The standard InChI is InChI=1S/C17H29NO4/c1-5-6-7-9-12-10-8-11-13(12)22-16(21)18-14(15(19)20)17(2,3)4/h5,12-14H,1,6-11H2,2-4H3,(H,18,21)(H,19,20). The summed E-state index contributed by atoms with van der Waals surface area (Å²) in [7, 11) is 0. The van der Waals surface area contributed by atoms with Gasteiger partial charge in [-0.05, 0) is 49.9 Å².